The first-order valence-electron chi connectivity index (χ1n) is 7.21. The SMILES string of the molecule is CC(C)CC(NC(=O)C1CC(=O)N(C2CC2)C1)C(=O)O. The minimum atomic E-state index is -1.02. The summed E-state index contributed by atoms with van der Waals surface area (Å²) in [5.74, 6) is -1.53. The molecule has 2 unspecified atom stereocenters. The van der Waals surface area contributed by atoms with Gasteiger partial charge in [0.1, 0.15) is 6.04 Å². The molecule has 2 rings (SSSR count). The maximum absolute atomic E-state index is 12.1. The van der Waals surface area contributed by atoms with Crippen molar-refractivity contribution < 1.29 is 19.5 Å². The molecule has 2 aliphatic rings. The highest BCUT2D eigenvalue weighted by molar-refractivity contribution is 5.91. The van der Waals surface area contributed by atoms with Gasteiger partial charge >= 0.3 is 5.97 Å². The molecule has 2 amide bonds. The summed E-state index contributed by atoms with van der Waals surface area (Å²) in [5, 5.41) is 11.7. The van der Waals surface area contributed by atoms with Gasteiger partial charge in [0.25, 0.3) is 0 Å². The summed E-state index contributed by atoms with van der Waals surface area (Å²) >= 11 is 0. The van der Waals surface area contributed by atoms with Crippen LogP contribution in [0.5, 0.6) is 0 Å². The zero-order valence-corrected chi connectivity index (χ0v) is 12.0. The highest BCUT2D eigenvalue weighted by atomic mass is 16.4. The highest BCUT2D eigenvalue weighted by Crippen LogP contribution is 2.32. The van der Waals surface area contributed by atoms with Crippen molar-refractivity contribution >= 4 is 17.8 Å². The van der Waals surface area contributed by atoms with Crippen LogP contribution in [-0.4, -0.2) is 46.4 Å². The van der Waals surface area contributed by atoms with Crippen molar-refractivity contribution in [1.82, 2.24) is 10.2 Å². The molecule has 6 nitrogen and oxygen atoms in total. The largest absolute Gasteiger partial charge is 0.480 e. The van der Waals surface area contributed by atoms with E-state index < -0.39 is 17.9 Å². The van der Waals surface area contributed by atoms with Gasteiger partial charge in [-0.05, 0) is 25.2 Å². The van der Waals surface area contributed by atoms with E-state index in [1.165, 1.54) is 0 Å². The van der Waals surface area contributed by atoms with Gasteiger partial charge in [-0.3, -0.25) is 9.59 Å². The lowest BCUT2D eigenvalue weighted by molar-refractivity contribution is -0.142. The van der Waals surface area contributed by atoms with Crippen LogP contribution >= 0.6 is 0 Å². The number of carboxylic acid groups (broad SMARTS) is 1. The Morgan fingerprint density at radius 1 is 1.40 bits per heavy atom. The van der Waals surface area contributed by atoms with E-state index in [9.17, 15) is 14.4 Å². The molecule has 20 heavy (non-hydrogen) atoms. The van der Waals surface area contributed by atoms with E-state index in [4.69, 9.17) is 5.11 Å². The first-order chi connectivity index (χ1) is 9.38. The number of aliphatic carboxylic acids is 1. The Labute approximate surface area is 118 Å². The molecule has 0 aromatic rings. The summed E-state index contributed by atoms with van der Waals surface area (Å²) in [5.41, 5.74) is 0. The van der Waals surface area contributed by atoms with Crippen molar-refractivity contribution in [2.75, 3.05) is 6.54 Å². The fraction of sp³-hybridized carbons (Fsp3) is 0.786. The lowest BCUT2D eigenvalue weighted by Crippen LogP contribution is -2.45. The minimum absolute atomic E-state index is 0.0170. The van der Waals surface area contributed by atoms with E-state index >= 15 is 0 Å². The van der Waals surface area contributed by atoms with Crippen LogP contribution in [0.25, 0.3) is 0 Å². The molecule has 0 spiro atoms. The summed E-state index contributed by atoms with van der Waals surface area (Å²) in [6.07, 6.45) is 2.64. The number of carboxylic acids is 1. The van der Waals surface area contributed by atoms with E-state index in [0.29, 0.717) is 19.0 Å². The summed E-state index contributed by atoms with van der Waals surface area (Å²) in [6, 6.07) is -0.557. The summed E-state index contributed by atoms with van der Waals surface area (Å²) in [4.78, 5) is 36.8. The third-order valence-electron chi connectivity index (χ3n) is 3.84. The minimum Gasteiger partial charge on any atom is -0.480 e. The molecule has 0 aromatic heterocycles. The van der Waals surface area contributed by atoms with Crippen LogP contribution in [0.1, 0.15) is 39.5 Å². The summed E-state index contributed by atoms with van der Waals surface area (Å²) < 4.78 is 0. The van der Waals surface area contributed by atoms with Crippen molar-refractivity contribution in [2.24, 2.45) is 11.8 Å². The number of hydrogen-bond acceptors (Lipinski definition) is 3. The van der Waals surface area contributed by atoms with Crippen LogP contribution in [0.4, 0.5) is 0 Å². The normalized spacial score (nSPS) is 24.1. The number of nitrogens with zero attached hydrogens (tertiary/aromatic N) is 1. The fourth-order valence-corrected chi connectivity index (χ4v) is 2.63. The van der Waals surface area contributed by atoms with Crippen molar-refractivity contribution in [1.29, 1.82) is 0 Å². The van der Waals surface area contributed by atoms with Gasteiger partial charge in [-0.25, -0.2) is 4.79 Å². The maximum atomic E-state index is 12.1. The Hall–Kier alpha value is -1.59. The number of hydrogen-bond donors (Lipinski definition) is 2. The van der Waals surface area contributed by atoms with E-state index in [2.05, 4.69) is 5.32 Å². The van der Waals surface area contributed by atoms with E-state index in [1.807, 2.05) is 13.8 Å². The molecule has 1 saturated carbocycles. The Balaban J connectivity index is 1.90. The molecule has 1 saturated heterocycles. The van der Waals surface area contributed by atoms with Gasteiger partial charge in [0, 0.05) is 19.0 Å². The van der Waals surface area contributed by atoms with Gasteiger partial charge in [0.2, 0.25) is 11.8 Å². The molecule has 2 fully saturated rings. The molecule has 1 aliphatic carbocycles. The average molecular weight is 282 g/mol. The monoisotopic (exact) mass is 282 g/mol. The Kier molecular flexibility index (Phi) is 4.30. The van der Waals surface area contributed by atoms with Crippen molar-refractivity contribution in [2.45, 2.75) is 51.6 Å². The molecule has 6 heteroatoms. The lowest BCUT2D eigenvalue weighted by Gasteiger charge is -2.19. The highest BCUT2D eigenvalue weighted by Gasteiger charge is 2.42. The average Bonchev–Trinajstić information content (AvgIpc) is 3.11. The smallest absolute Gasteiger partial charge is 0.326 e. The van der Waals surface area contributed by atoms with Crippen LogP contribution < -0.4 is 5.32 Å². The van der Waals surface area contributed by atoms with Crippen LogP contribution in [0.2, 0.25) is 0 Å². The Morgan fingerprint density at radius 2 is 2.05 bits per heavy atom. The predicted molar refractivity (Wildman–Crippen MR) is 71.9 cm³/mol. The van der Waals surface area contributed by atoms with Gasteiger partial charge in [-0.2, -0.15) is 0 Å². The predicted octanol–water partition coefficient (Wildman–Crippen LogP) is 0.613. The number of nitrogens with one attached hydrogen (secondary N) is 1. The third-order valence-corrected chi connectivity index (χ3v) is 3.84. The Bertz CT molecular complexity index is 417. The number of amides is 2. The number of carbonyl (C=O) groups excluding carboxylic acids is 2. The van der Waals surface area contributed by atoms with Crippen molar-refractivity contribution in [3.63, 3.8) is 0 Å². The lowest BCUT2D eigenvalue weighted by atomic mass is 10.0. The molecule has 112 valence electrons. The van der Waals surface area contributed by atoms with Gasteiger partial charge in [0.05, 0.1) is 5.92 Å². The molecule has 1 aliphatic heterocycles. The molecular formula is C14H22N2O4. The first kappa shape index (κ1) is 14.8. The van der Waals surface area contributed by atoms with Crippen molar-refractivity contribution in [3.05, 3.63) is 0 Å². The number of rotatable bonds is 6. The van der Waals surface area contributed by atoms with Crippen LogP contribution in [0.3, 0.4) is 0 Å². The number of likely N-dealkylation sites (tertiary alicyclic amines) is 1. The zero-order chi connectivity index (χ0) is 14.9. The molecule has 0 aromatic carbocycles. The zero-order valence-electron chi connectivity index (χ0n) is 12.0. The van der Waals surface area contributed by atoms with Gasteiger partial charge in [-0.15, -0.1) is 0 Å². The number of carbonyl (C=O) groups is 3. The molecular weight excluding hydrogens is 260 g/mol. The van der Waals surface area contributed by atoms with E-state index in [-0.39, 0.29) is 24.2 Å². The Morgan fingerprint density at radius 3 is 2.55 bits per heavy atom. The fourth-order valence-electron chi connectivity index (χ4n) is 2.63. The van der Waals surface area contributed by atoms with Gasteiger partial charge in [0.15, 0.2) is 0 Å². The summed E-state index contributed by atoms with van der Waals surface area (Å²) in [6.45, 7) is 4.26. The van der Waals surface area contributed by atoms with Crippen LogP contribution in [-0.2, 0) is 14.4 Å². The second-order valence-electron chi connectivity index (χ2n) is 6.21. The molecule has 1 heterocycles. The quantitative estimate of drug-likeness (QED) is 0.747. The second-order valence-corrected chi connectivity index (χ2v) is 6.21. The van der Waals surface area contributed by atoms with E-state index in [1.54, 1.807) is 4.90 Å². The first-order valence-corrected chi connectivity index (χ1v) is 7.21. The molecule has 0 radical (unpaired) electrons. The molecule has 2 atom stereocenters. The van der Waals surface area contributed by atoms with Gasteiger partial charge < -0.3 is 15.3 Å². The van der Waals surface area contributed by atoms with Gasteiger partial charge in [-0.1, -0.05) is 13.8 Å². The van der Waals surface area contributed by atoms with Crippen LogP contribution in [0, 0.1) is 11.8 Å². The topological polar surface area (TPSA) is 86.7 Å². The standard InChI is InChI=1S/C14H22N2O4/c1-8(2)5-11(14(19)20)15-13(18)9-6-12(17)16(7-9)10-3-4-10/h8-11H,3-7H2,1-2H3,(H,15,18)(H,19,20). The second kappa shape index (κ2) is 5.81. The van der Waals surface area contributed by atoms with Crippen LogP contribution in [0.15, 0.2) is 0 Å². The maximum Gasteiger partial charge on any atom is 0.326 e. The summed E-state index contributed by atoms with van der Waals surface area (Å²) in [7, 11) is 0. The third kappa shape index (κ3) is 3.49. The molecule has 0 bridgehead atoms. The molecule has 2 N–H and O–H groups in total. The van der Waals surface area contributed by atoms with Crippen molar-refractivity contribution in [3.8, 4) is 0 Å². The van der Waals surface area contributed by atoms with E-state index in [0.717, 1.165) is 12.8 Å².